The van der Waals surface area contributed by atoms with Crippen LogP contribution in [0.15, 0.2) is 36.5 Å². The second-order valence-electron chi connectivity index (χ2n) is 4.50. The third kappa shape index (κ3) is 3.38. The number of methoxy groups -OCH3 is 2. The van der Waals surface area contributed by atoms with Crippen molar-refractivity contribution in [1.29, 1.82) is 0 Å². The standard InChI is InChI=1S/C16H18N2O3/c1-20-14-6-5-11(9-15(14)21-2)8-13(19)16-12(10-17)4-3-7-18-16/h3-7,9H,8,10,17H2,1-2H3. The lowest BCUT2D eigenvalue weighted by Gasteiger charge is -2.10. The van der Waals surface area contributed by atoms with Crippen LogP contribution in [0.1, 0.15) is 21.6 Å². The number of benzene rings is 1. The first-order chi connectivity index (χ1) is 10.2. The first-order valence-electron chi connectivity index (χ1n) is 6.57. The maximum absolute atomic E-state index is 12.4. The fourth-order valence-electron chi connectivity index (χ4n) is 2.11. The van der Waals surface area contributed by atoms with E-state index < -0.39 is 0 Å². The van der Waals surface area contributed by atoms with E-state index in [4.69, 9.17) is 15.2 Å². The number of carbonyl (C=O) groups is 1. The van der Waals surface area contributed by atoms with Crippen molar-refractivity contribution in [3.8, 4) is 11.5 Å². The highest BCUT2D eigenvalue weighted by Crippen LogP contribution is 2.28. The van der Waals surface area contributed by atoms with Crippen molar-refractivity contribution in [1.82, 2.24) is 4.98 Å². The molecule has 1 aromatic carbocycles. The Morgan fingerprint density at radius 3 is 2.62 bits per heavy atom. The molecule has 0 saturated carbocycles. The summed E-state index contributed by atoms with van der Waals surface area (Å²) < 4.78 is 10.4. The first kappa shape index (κ1) is 15.0. The van der Waals surface area contributed by atoms with Gasteiger partial charge in [-0.25, -0.2) is 0 Å². The number of carbonyl (C=O) groups excluding carboxylic acids is 1. The summed E-state index contributed by atoms with van der Waals surface area (Å²) in [6, 6.07) is 9.00. The Hall–Kier alpha value is -2.40. The van der Waals surface area contributed by atoms with Crippen LogP contribution in [0.3, 0.4) is 0 Å². The molecule has 0 aliphatic carbocycles. The number of nitrogens with two attached hydrogens (primary N) is 1. The van der Waals surface area contributed by atoms with E-state index in [-0.39, 0.29) is 12.2 Å². The van der Waals surface area contributed by atoms with Gasteiger partial charge in [0.1, 0.15) is 5.69 Å². The Kier molecular flexibility index (Phi) is 4.90. The van der Waals surface area contributed by atoms with Gasteiger partial charge in [0.05, 0.1) is 14.2 Å². The van der Waals surface area contributed by atoms with Crippen molar-refractivity contribution >= 4 is 5.78 Å². The molecule has 0 unspecified atom stereocenters. The molecule has 0 saturated heterocycles. The zero-order valence-corrected chi connectivity index (χ0v) is 12.1. The maximum atomic E-state index is 12.4. The number of hydrogen-bond donors (Lipinski definition) is 1. The van der Waals surface area contributed by atoms with Crippen LogP contribution in [0.5, 0.6) is 11.5 Å². The number of Topliss-reactive ketones (excluding diaryl/α,β-unsaturated/α-hetero) is 1. The van der Waals surface area contributed by atoms with Crippen molar-refractivity contribution in [2.75, 3.05) is 14.2 Å². The minimum absolute atomic E-state index is 0.0664. The van der Waals surface area contributed by atoms with Crippen molar-refractivity contribution in [2.45, 2.75) is 13.0 Å². The van der Waals surface area contributed by atoms with E-state index in [9.17, 15) is 4.79 Å². The molecule has 0 amide bonds. The van der Waals surface area contributed by atoms with Crippen LogP contribution in [-0.2, 0) is 13.0 Å². The zero-order valence-electron chi connectivity index (χ0n) is 12.1. The predicted octanol–water partition coefficient (Wildman–Crippen LogP) is 1.98. The molecule has 0 fully saturated rings. The summed E-state index contributed by atoms with van der Waals surface area (Å²) in [5.41, 5.74) is 7.65. The second kappa shape index (κ2) is 6.85. The van der Waals surface area contributed by atoms with Gasteiger partial charge in [-0.3, -0.25) is 9.78 Å². The number of nitrogens with zero attached hydrogens (tertiary/aromatic N) is 1. The number of pyridine rings is 1. The largest absolute Gasteiger partial charge is 0.493 e. The van der Waals surface area contributed by atoms with Crippen LogP contribution in [-0.4, -0.2) is 25.0 Å². The van der Waals surface area contributed by atoms with Gasteiger partial charge < -0.3 is 15.2 Å². The average Bonchev–Trinajstić information content (AvgIpc) is 2.54. The number of ether oxygens (including phenoxy) is 2. The smallest absolute Gasteiger partial charge is 0.185 e. The molecule has 110 valence electrons. The van der Waals surface area contributed by atoms with Crippen LogP contribution >= 0.6 is 0 Å². The number of aromatic nitrogens is 1. The highest BCUT2D eigenvalue weighted by molar-refractivity contribution is 5.97. The summed E-state index contributed by atoms with van der Waals surface area (Å²) in [5, 5.41) is 0. The Labute approximate surface area is 123 Å². The molecule has 0 radical (unpaired) electrons. The molecule has 2 aromatic rings. The molecule has 0 bridgehead atoms. The van der Waals surface area contributed by atoms with E-state index in [0.717, 1.165) is 11.1 Å². The van der Waals surface area contributed by atoms with Gasteiger partial charge in [-0.15, -0.1) is 0 Å². The predicted molar refractivity (Wildman–Crippen MR) is 79.7 cm³/mol. The van der Waals surface area contributed by atoms with Gasteiger partial charge in [-0.1, -0.05) is 12.1 Å². The summed E-state index contributed by atoms with van der Waals surface area (Å²) in [6.07, 6.45) is 1.84. The Bertz CT molecular complexity index is 641. The summed E-state index contributed by atoms with van der Waals surface area (Å²) in [6.45, 7) is 0.293. The summed E-state index contributed by atoms with van der Waals surface area (Å²) >= 11 is 0. The number of hydrogen-bond acceptors (Lipinski definition) is 5. The van der Waals surface area contributed by atoms with E-state index in [0.29, 0.717) is 23.7 Å². The highest BCUT2D eigenvalue weighted by atomic mass is 16.5. The van der Waals surface area contributed by atoms with Crippen LogP contribution in [0.4, 0.5) is 0 Å². The van der Waals surface area contributed by atoms with Gasteiger partial charge in [0.15, 0.2) is 17.3 Å². The molecule has 0 aliphatic rings. The molecule has 0 aliphatic heterocycles. The first-order valence-corrected chi connectivity index (χ1v) is 6.57. The van der Waals surface area contributed by atoms with E-state index in [1.807, 2.05) is 12.1 Å². The summed E-state index contributed by atoms with van der Waals surface area (Å²) in [7, 11) is 3.14. The van der Waals surface area contributed by atoms with Crippen LogP contribution in [0.25, 0.3) is 0 Å². The molecule has 1 heterocycles. The van der Waals surface area contributed by atoms with E-state index in [1.165, 1.54) is 0 Å². The molecular formula is C16H18N2O3. The molecule has 1 aromatic heterocycles. The van der Waals surface area contributed by atoms with Gasteiger partial charge in [-0.05, 0) is 29.3 Å². The van der Waals surface area contributed by atoms with Crippen LogP contribution < -0.4 is 15.2 Å². The van der Waals surface area contributed by atoms with Gasteiger partial charge in [0.25, 0.3) is 0 Å². The number of rotatable bonds is 6. The lowest BCUT2D eigenvalue weighted by Crippen LogP contribution is -2.12. The molecule has 2 rings (SSSR count). The van der Waals surface area contributed by atoms with Crippen molar-refractivity contribution in [3.63, 3.8) is 0 Å². The van der Waals surface area contributed by atoms with Crippen LogP contribution in [0, 0.1) is 0 Å². The molecule has 0 atom stereocenters. The SMILES string of the molecule is COc1ccc(CC(=O)c2ncccc2CN)cc1OC. The van der Waals surface area contributed by atoms with Crippen LogP contribution in [0.2, 0.25) is 0 Å². The summed E-state index contributed by atoms with van der Waals surface area (Å²) in [5.74, 6) is 1.17. The fourth-order valence-corrected chi connectivity index (χ4v) is 2.11. The topological polar surface area (TPSA) is 74.4 Å². The van der Waals surface area contributed by atoms with Crippen molar-refractivity contribution < 1.29 is 14.3 Å². The van der Waals surface area contributed by atoms with Gasteiger partial charge in [0, 0.05) is 19.2 Å². The third-order valence-corrected chi connectivity index (χ3v) is 3.19. The number of ketones is 1. The maximum Gasteiger partial charge on any atom is 0.185 e. The normalized spacial score (nSPS) is 10.2. The van der Waals surface area contributed by atoms with Gasteiger partial charge in [-0.2, -0.15) is 0 Å². The third-order valence-electron chi connectivity index (χ3n) is 3.19. The minimum atomic E-state index is -0.0664. The second-order valence-corrected chi connectivity index (χ2v) is 4.50. The van der Waals surface area contributed by atoms with E-state index in [2.05, 4.69) is 4.98 Å². The highest BCUT2D eigenvalue weighted by Gasteiger charge is 2.14. The Morgan fingerprint density at radius 1 is 1.19 bits per heavy atom. The van der Waals surface area contributed by atoms with Gasteiger partial charge >= 0.3 is 0 Å². The lowest BCUT2D eigenvalue weighted by molar-refractivity contribution is 0.0987. The molecule has 0 spiro atoms. The van der Waals surface area contributed by atoms with Crippen molar-refractivity contribution in [3.05, 3.63) is 53.3 Å². The Morgan fingerprint density at radius 2 is 1.95 bits per heavy atom. The molecule has 21 heavy (non-hydrogen) atoms. The van der Waals surface area contributed by atoms with E-state index >= 15 is 0 Å². The molecular weight excluding hydrogens is 268 g/mol. The summed E-state index contributed by atoms with van der Waals surface area (Å²) in [4.78, 5) is 16.5. The monoisotopic (exact) mass is 286 g/mol. The lowest BCUT2D eigenvalue weighted by atomic mass is 10.0. The molecule has 5 heteroatoms. The average molecular weight is 286 g/mol. The minimum Gasteiger partial charge on any atom is -0.493 e. The Balaban J connectivity index is 2.23. The van der Waals surface area contributed by atoms with E-state index in [1.54, 1.807) is 38.6 Å². The fraction of sp³-hybridized carbons (Fsp3) is 0.250. The van der Waals surface area contributed by atoms with Crippen molar-refractivity contribution in [2.24, 2.45) is 5.73 Å². The molecule has 2 N–H and O–H groups in total. The zero-order chi connectivity index (χ0) is 15.2. The molecule has 5 nitrogen and oxygen atoms in total. The quantitative estimate of drug-likeness (QED) is 0.822. The van der Waals surface area contributed by atoms with Gasteiger partial charge in [0.2, 0.25) is 0 Å².